The Morgan fingerprint density at radius 2 is 1.96 bits per heavy atom. The van der Waals surface area contributed by atoms with E-state index in [2.05, 4.69) is 15.4 Å². The third-order valence-electron chi connectivity index (χ3n) is 4.31. The SMILES string of the molecule is Cc1nc(NC(=O)c2c3c(nn2C)CCN(C(=O)OC(C)(C)C)C3)sc1C. The molecule has 3 heterocycles. The van der Waals surface area contributed by atoms with Gasteiger partial charge in [0.05, 0.1) is 17.9 Å². The van der Waals surface area contributed by atoms with E-state index in [4.69, 9.17) is 4.74 Å². The van der Waals surface area contributed by atoms with E-state index in [-0.39, 0.29) is 12.0 Å². The first-order chi connectivity index (χ1) is 12.5. The van der Waals surface area contributed by atoms with Gasteiger partial charge in [-0.2, -0.15) is 5.10 Å². The lowest BCUT2D eigenvalue weighted by Crippen LogP contribution is -2.40. The van der Waals surface area contributed by atoms with Gasteiger partial charge in [0.15, 0.2) is 5.13 Å². The topological polar surface area (TPSA) is 89.4 Å². The molecule has 2 aromatic heterocycles. The Morgan fingerprint density at radius 3 is 2.56 bits per heavy atom. The van der Waals surface area contributed by atoms with Crippen molar-refractivity contribution in [3.05, 3.63) is 27.5 Å². The normalized spacial score (nSPS) is 14.1. The van der Waals surface area contributed by atoms with Gasteiger partial charge in [0.1, 0.15) is 11.3 Å². The second kappa shape index (κ2) is 6.95. The first-order valence-electron chi connectivity index (χ1n) is 8.83. The zero-order chi connectivity index (χ0) is 19.9. The molecule has 0 spiro atoms. The minimum Gasteiger partial charge on any atom is -0.444 e. The molecule has 0 aromatic carbocycles. The molecular formula is C18H25N5O3S. The number of amides is 2. The van der Waals surface area contributed by atoms with Gasteiger partial charge in [0.25, 0.3) is 5.91 Å². The van der Waals surface area contributed by atoms with Crippen LogP contribution in [0, 0.1) is 13.8 Å². The number of carbonyl (C=O) groups excluding carboxylic acids is 2. The van der Waals surface area contributed by atoms with Crippen LogP contribution in [0.15, 0.2) is 0 Å². The van der Waals surface area contributed by atoms with Gasteiger partial charge >= 0.3 is 6.09 Å². The van der Waals surface area contributed by atoms with Gasteiger partial charge < -0.3 is 9.64 Å². The van der Waals surface area contributed by atoms with Crippen molar-refractivity contribution in [2.24, 2.45) is 7.05 Å². The predicted molar refractivity (Wildman–Crippen MR) is 103 cm³/mol. The average Bonchev–Trinajstić information content (AvgIpc) is 3.03. The number of nitrogens with zero attached hydrogens (tertiary/aromatic N) is 4. The van der Waals surface area contributed by atoms with Gasteiger partial charge in [0.2, 0.25) is 0 Å². The maximum absolute atomic E-state index is 12.9. The Bertz CT molecular complexity index is 874. The molecule has 9 heteroatoms. The molecule has 0 fully saturated rings. The summed E-state index contributed by atoms with van der Waals surface area (Å²) in [6.45, 7) is 10.2. The standard InChI is InChI=1S/C18H25N5O3S/c1-10-11(2)27-16(19-10)20-15(24)14-12-9-23(17(25)26-18(3,4)5)8-7-13(12)21-22(14)6/h7-9H2,1-6H3,(H,19,20,24). The molecule has 0 saturated heterocycles. The number of hydrogen-bond acceptors (Lipinski definition) is 6. The van der Waals surface area contributed by atoms with Gasteiger partial charge in [-0.3, -0.25) is 14.8 Å². The number of aromatic nitrogens is 3. The summed E-state index contributed by atoms with van der Waals surface area (Å²) in [6.07, 6.45) is 0.208. The van der Waals surface area contributed by atoms with Gasteiger partial charge in [-0.05, 0) is 34.6 Å². The molecule has 8 nitrogen and oxygen atoms in total. The summed E-state index contributed by atoms with van der Waals surface area (Å²) in [7, 11) is 1.74. The summed E-state index contributed by atoms with van der Waals surface area (Å²) in [5, 5.41) is 7.88. The van der Waals surface area contributed by atoms with Crippen molar-refractivity contribution in [2.45, 2.75) is 53.2 Å². The molecule has 2 aromatic rings. The molecule has 146 valence electrons. The average molecular weight is 391 g/mol. The van der Waals surface area contributed by atoms with Crippen molar-refractivity contribution < 1.29 is 14.3 Å². The van der Waals surface area contributed by atoms with Crippen LogP contribution in [-0.4, -0.2) is 43.8 Å². The van der Waals surface area contributed by atoms with Crippen LogP contribution >= 0.6 is 11.3 Å². The van der Waals surface area contributed by atoms with Gasteiger partial charge in [-0.15, -0.1) is 11.3 Å². The summed E-state index contributed by atoms with van der Waals surface area (Å²) < 4.78 is 7.04. The summed E-state index contributed by atoms with van der Waals surface area (Å²) in [4.78, 5) is 32.3. The second-order valence-corrected chi connectivity index (χ2v) is 8.87. The first-order valence-corrected chi connectivity index (χ1v) is 9.65. The highest BCUT2D eigenvalue weighted by Gasteiger charge is 2.31. The van der Waals surface area contributed by atoms with Crippen LogP contribution in [-0.2, 0) is 24.8 Å². The number of anilines is 1. The van der Waals surface area contributed by atoms with E-state index in [9.17, 15) is 9.59 Å². The Hall–Kier alpha value is -2.42. The van der Waals surface area contributed by atoms with E-state index >= 15 is 0 Å². The van der Waals surface area contributed by atoms with Crippen molar-refractivity contribution in [2.75, 3.05) is 11.9 Å². The van der Waals surface area contributed by atoms with Gasteiger partial charge in [-0.25, -0.2) is 9.78 Å². The lowest BCUT2D eigenvalue weighted by molar-refractivity contribution is 0.0222. The number of aryl methyl sites for hydroxylation is 3. The van der Waals surface area contributed by atoms with Crippen molar-refractivity contribution in [1.82, 2.24) is 19.7 Å². The highest BCUT2D eigenvalue weighted by atomic mass is 32.1. The minimum atomic E-state index is -0.562. The molecule has 1 aliphatic heterocycles. The predicted octanol–water partition coefficient (Wildman–Crippen LogP) is 3.04. The van der Waals surface area contributed by atoms with Crippen LogP contribution < -0.4 is 5.32 Å². The molecule has 27 heavy (non-hydrogen) atoms. The number of fused-ring (bicyclic) bond motifs is 1. The Kier molecular flexibility index (Phi) is 4.98. The zero-order valence-electron chi connectivity index (χ0n) is 16.5. The summed E-state index contributed by atoms with van der Waals surface area (Å²) in [5.74, 6) is -0.272. The molecule has 1 N–H and O–H groups in total. The number of ether oxygens (including phenoxy) is 1. The zero-order valence-corrected chi connectivity index (χ0v) is 17.4. The largest absolute Gasteiger partial charge is 0.444 e. The fraction of sp³-hybridized carbons (Fsp3) is 0.556. The van der Waals surface area contributed by atoms with E-state index in [1.54, 1.807) is 16.6 Å². The van der Waals surface area contributed by atoms with E-state index in [1.165, 1.54) is 11.3 Å². The van der Waals surface area contributed by atoms with Gasteiger partial charge in [-0.1, -0.05) is 0 Å². The van der Waals surface area contributed by atoms with E-state index in [0.717, 1.165) is 21.8 Å². The van der Waals surface area contributed by atoms with Crippen molar-refractivity contribution >= 4 is 28.5 Å². The molecule has 0 atom stereocenters. The Labute approximate surface area is 162 Å². The van der Waals surface area contributed by atoms with E-state index in [0.29, 0.717) is 30.3 Å². The fourth-order valence-corrected chi connectivity index (χ4v) is 3.76. The smallest absolute Gasteiger partial charge is 0.410 e. The summed E-state index contributed by atoms with van der Waals surface area (Å²) in [5.41, 5.74) is 2.39. The molecule has 0 bridgehead atoms. The van der Waals surface area contributed by atoms with E-state index in [1.807, 2.05) is 34.6 Å². The number of rotatable bonds is 2. The highest BCUT2D eigenvalue weighted by molar-refractivity contribution is 7.15. The monoisotopic (exact) mass is 391 g/mol. The van der Waals surface area contributed by atoms with E-state index < -0.39 is 5.60 Å². The van der Waals surface area contributed by atoms with Crippen molar-refractivity contribution in [3.63, 3.8) is 0 Å². The van der Waals surface area contributed by atoms with Crippen LogP contribution in [0.4, 0.5) is 9.93 Å². The maximum atomic E-state index is 12.9. The van der Waals surface area contributed by atoms with Crippen LogP contribution in [0.1, 0.15) is 53.1 Å². The molecule has 0 unspecified atom stereocenters. The van der Waals surface area contributed by atoms with Crippen LogP contribution in [0.5, 0.6) is 0 Å². The van der Waals surface area contributed by atoms with Crippen molar-refractivity contribution in [3.8, 4) is 0 Å². The Balaban J connectivity index is 1.82. The fourth-order valence-electron chi connectivity index (χ4n) is 2.95. The van der Waals surface area contributed by atoms with Crippen LogP contribution in [0.25, 0.3) is 0 Å². The summed E-state index contributed by atoms with van der Waals surface area (Å²) >= 11 is 1.44. The quantitative estimate of drug-likeness (QED) is 0.850. The third kappa shape index (κ3) is 4.13. The molecule has 0 radical (unpaired) electrons. The summed E-state index contributed by atoms with van der Waals surface area (Å²) in [6, 6.07) is 0. The number of hydrogen-bond donors (Lipinski definition) is 1. The Morgan fingerprint density at radius 1 is 1.26 bits per heavy atom. The van der Waals surface area contributed by atoms with Crippen LogP contribution in [0.2, 0.25) is 0 Å². The molecule has 0 saturated carbocycles. The lowest BCUT2D eigenvalue weighted by atomic mass is 10.1. The molecule has 1 aliphatic rings. The molecule has 3 rings (SSSR count). The van der Waals surface area contributed by atoms with Crippen LogP contribution in [0.3, 0.4) is 0 Å². The van der Waals surface area contributed by atoms with Gasteiger partial charge in [0, 0.05) is 30.5 Å². The number of nitrogens with one attached hydrogen (secondary N) is 1. The minimum absolute atomic E-state index is 0.272. The first kappa shape index (κ1) is 19.3. The highest BCUT2D eigenvalue weighted by Crippen LogP contribution is 2.26. The molecular weight excluding hydrogens is 366 g/mol. The maximum Gasteiger partial charge on any atom is 0.410 e. The molecule has 0 aliphatic carbocycles. The third-order valence-corrected chi connectivity index (χ3v) is 5.30. The number of thiazole rings is 1. The number of carbonyl (C=O) groups is 2. The second-order valence-electron chi connectivity index (χ2n) is 7.66. The van der Waals surface area contributed by atoms with Crippen molar-refractivity contribution in [1.29, 1.82) is 0 Å². The molecule has 2 amide bonds. The lowest BCUT2D eigenvalue weighted by Gasteiger charge is -2.29.